The number of aromatic nitrogens is 2. The van der Waals surface area contributed by atoms with E-state index in [1.165, 1.54) is 11.3 Å². The minimum atomic E-state index is -0.203. The molecule has 0 saturated heterocycles. The highest BCUT2D eigenvalue weighted by atomic mass is 79.9. The van der Waals surface area contributed by atoms with Gasteiger partial charge in [-0.15, -0.1) is 11.3 Å². The van der Waals surface area contributed by atoms with Gasteiger partial charge in [-0.1, -0.05) is 29.3 Å². The number of carbonyl (C=O) groups excluding carboxylic acids is 1. The number of thiophene rings is 1. The smallest absolute Gasteiger partial charge is 0.267 e. The highest BCUT2D eigenvalue weighted by molar-refractivity contribution is 9.13. The van der Waals surface area contributed by atoms with Gasteiger partial charge in [-0.25, -0.2) is 0 Å². The van der Waals surface area contributed by atoms with E-state index >= 15 is 0 Å². The van der Waals surface area contributed by atoms with Gasteiger partial charge in [0.05, 0.1) is 25.3 Å². The normalized spacial score (nSPS) is 10.8. The van der Waals surface area contributed by atoms with E-state index in [0.717, 1.165) is 13.8 Å². The lowest BCUT2D eigenvalue weighted by Crippen LogP contribution is -2.11. The van der Waals surface area contributed by atoms with Crippen molar-refractivity contribution < 1.29 is 4.79 Å². The van der Waals surface area contributed by atoms with E-state index in [4.69, 9.17) is 23.2 Å². The summed E-state index contributed by atoms with van der Waals surface area (Å²) in [7, 11) is 0. The highest BCUT2D eigenvalue weighted by Gasteiger charge is 2.13. The SMILES string of the molecule is O=C(Nc1ccn(Cc2ccc(Cl)c(Cl)c2)n1)c1cc(Br)c(Br)s1. The lowest BCUT2D eigenvalue weighted by atomic mass is 10.2. The van der Waals surface area contributed by atoms with Crippen molar-refractivity contribution in [3.8, 4) is 0 Å². The molecule has 9 heteroatoms. The largest absolute Gasteiger partial charge is 0.304 e. The maximum absolute atomic E-state index is 12.2. The van der Waals surface area contributed by atoms with Gasteiger partial charge < -0.3 is 5.32 Å². The molecule has 2 heterocycles. The van der Waals surface area contributed by atoms with Gasteiger partial charge >= 0.3 is 0 Å². The van der Waals surface area contributed by atoms with E-state index in [-0.39, 0.29) is 5.91 Å². The molecule has 0 fully saturated rings. The van der Waals surface area contributed by atoms with E-state index in [0.29, 0.717) is 27.3 Å². The first-order valence-corrected chi connectivity index (χ1v) is 9.82. The minimum Gasteiger partial charge on any atom is -0.304 e. The molecule has 124 valence electrons. The summed E-state index contributed by atoms with van der Waals surface area (Å²) < 4.78 is 3.44. The van der Waals surface area contributed by atoms with Gasteiger partial charge in [0.1, 0.15) is 0 Å². The van der Waals surface area contributed by atoms with Gasteiger partial charge in [0.25, 0.3) is 5.91 Å². The molecule has 1 aromatic carbocycles. The highest BCUT2D eigenvalue weighted by Crippen LogP contribution is 2.32. The molecule has 1 N–H and O–H groups in total. The van der Waals surface area contributed by atoms with Crippen molar-refractivity contribution in [1.29, 1.82) is 0 Å². The summed E-state index contributed by atoms with van der Waals surface area (Å²) in [6.45, 7) is 0.531. The molecule has 2 aromatic heterocycles. The van der Waals surface area contributed by atoms with Gasteiger partial charge in [-0.3, -0.25) is 9.48 Å². The fourth-order valence-corrected chi connectivity index (χ4v) is 4.23. The van der Waals surface area contributed by atoms with Gasteiger partial charge in [0, 0.05) is 16.7 Å². The van der Waals surface area contributed by atoms with Crippen molar-refractivity contribution in [3.63, 3.8) is 0 Å². The Bertz CT molecular complexity index is 891. The number of anilines is 1. The first kappa shape index (κ1) is 17.9. The summed E-state index contributed by atoms with van der Waals surface area (Å²) >= 11 is 20.0. The van der Waals surface area contributed by atoms with E-state index in [2.05, 4.69) is 42.3 Å². The first-order chi connectivity index (χ1) is 11.4. The third-order valence-corrected chi connectivity index (χ3v) is 7.07. The van der Waals surface area contributed by atoms with Crippen LogP contribution in [-0.4, -0.2) is 15.7 Å². The van der Waals surface area contributed by atoms with Crippen molar-refractivity contribution in [3.05, 3.63) is 65.3 Å². The van der Waals surface area contributed by atoms with Crippen molar-refractivity contribution >= 4 is 78.1 Å². The number of hydrogen-bond acceptors (Lipinski definition) is 3. The van der Waals surface area contributed by atoms with Crippen LogP contribution < -0.4 is 5.32 Å². The van der Waals surface area contributed by atoms with Crippen molar-refractivity contribution in [2.75, 3.05) is 5.32 Å². The minimum absolute atomic E-state index is 0.203. The summed E-state index contributed by atoms with van der Waals surface area (Å²) in [6, 6.07) is 8.93. The molecule has 0 bridgehead atoms. The second-order valence-electron chi connectivity index (χ2n) is 4.83. The average molecular weight is 510 g/mol. The number of hydrogen-bond donors (Lipinski definition) is 1. The Morgan fingerprint density at radius 1 is 1.21 bits per heavy atom. The molecular weight excluding hydrogens is 501 g/mol. The zero-order valence-electron chi connectivity index (χ0n) is 11.9. The van der Waals surface area contributed by atoms with Crippen LogP contribution in [0.1, 0.15) is 15.2 Å². The third-order valence-electron chi connectivity index (χ3n) is 3.08. The zero-order valence-corrected chi connectivity index (χ0v) is 17.4. The van der Waals surface area contributed by atoms with Crippen molar-refractivity contribution in [2.24, 2.45) is 0 Å². The van der Waals surface area contributed by atoms with Crippen molar-refractivity contribution in [2.45, 2.75) is 6.54 Å². The zero-order chi connectivity index (χ0) is 17.3. The summed E-state index contributed by atoms with van der Waals surface area (Å²) in [6.07, 6.45) is 1.79. The molecule has 0 spiro atoms. The monoisotopic (exact) mass is 507 g/mol. The summed E-state index contributed by atoms with van der Waals surface area (Å²) in [5.74, 6) is 0.284. The number of amides is 1. The van der Waals surface area contributed by atoms with E-state index in [1.54, 1.807) is 35.1 Å². The van der Waals surface area contributed by atoms with Crippen LogP contribution in [-0.2, 0) is 6.54 Å². The van der Waals surface area contributed by atoms with Gasteiger partial charge in [0.15, 0.2) is 5.82 Å². The molecule has 0 aliphatic carbocycles. The molecule has 0 atom stereocenters. The lowest BCUT2D eigenvalue weighted by molar-refractivity contribution is 0.103. The van der Waals surface area contributed by atoms with Gasteiger partial charge in [-0.05, 0) is 55.6 Å². The summed E-state index contributed by atoms with van der Waals surface area (Å²) in [5, 5.41) is 8.14. The molecule has 3 rings (SSSR count). The standard InChI is InChI=1S/C15H9Br2Cl2N3OS/c16-9-6-12(24-14(9)17)15(23)20-13-3-4-22(21-13)7-8-1-2-10(18)11(19)5-8/h1-6H,7H2,(H,20,21,23). The molecule has 0 aliphatic heterocycles. The van der Waals surface area contributed by atoms with Crippen LogP contribution in [0.25, 0.3) is 0 Å². The quantitative estimate of drug-likeness (QED) is 0.463. The van der Waals surface area contributed by atoms with Crippen LogP contribution in [0.3, 0.4) is 0 Å². The second kappa shape index (κ2) is 7.58. The third kappa shape index (κ3) is 4.21. The summed E-state index contributed by atoms with van der Waals surface area (Å²) in [5.41, 5.74) is 0.969. The number of halogens is 4. The topological polar surface area (TPSA) is 46.9 Å². The fourth-order valence-electron chi connectivity index (χ4n) is 1.98. The summed E-state index contributed by atoms with van der Waals surface area (Å²) in [4.78, 5) is 12.8. The Morgan fingerprint density at radius 3 is 2.67 bits per heavy atom. The Hall–Kier alpha value is -0.860. The number of rotatable bonds is 4. The van der Waals surface area contributed by atoms with Crippen LogP contribution in [0.4, 0.5) is 5.82 Å². The van der Waals surface area contributed by atoms with Crippen LogP contribution in [0.5, 0.6) is 0 Å². The second-order valence-corrected chi connectivity index (χ2v) is 8.87. The van der Waals surface area contributed by atoms with E-state index in [1.807, 2.05) is 6.07 Å². The van der Waals surface area contributed by atoms with Crippen LogP contribution >= 0.6 is 66.4 Å². The van der Waals surface area contributed by atoms with E-state index < -0.39 is 0 Å². The molecule has 0 radical (unpaired) electrons. The predicted octanol–water partition coefficient (Wildman–Crippen LogP) is 6.08. The van der Waals surface area contributed by atoms with Gasteiger partial charge in [-0.2, -0.15) is 5.10 Å². The molecule has 0 saturated carbocycles. The molecular formula is C15H9Br2Cl2N3OS. The van der Waals surface area contributed by atoms with Crippen LogP contribution in [0.15, 0.2) is 44.8 Å². The number of carbonyl (C=O) groups is 1. The first-order valence-electron chi connectivity index (χ1n) is 6.66. The molecule has 24 heavy (non-hydrogen) atoms. The number of nitrogens with zero attached hydrogens (tertiary/aromatic N) is 2. The Balaban J connectivity index is 1.68. The Kier molecular flexibility index (Phi) is 5.66. The molecule has 0 unspecified atom stereocenters. The molecule has 0 aliphatic rings. The number of benzene rings is 1. The molecule has 3 aromatic rings. The van der Waals surface area contributed by atoms with Crippen LogP contribution in [0.2, 0.25) is 10.0 Å². The Labute approximate surface area is 169 Å². The van der Waals surface area contributed by atoms with E-state index in [9.17, 15) is 4.79 Å². The van der Waals surface area contributed by atoms with Crippen molar-refractivity contribution in [1.82, 2.24) is 9.78 Å². The average Bonchev–Trinajstić information content (AvgIpc) is 3.10. The predicted molar refractivity (Wildman–Crippen MR) is 105 cm³/mol. The maximum Gasteiger partial charge on any atom is 0.267 e. The fraction of sp³-hybridized carbons (Fsp3) is 0.0667. The molecule has 1 amide bonds. The Morgan fingerprint density at radius 2 is 2.00 bits per heavy atom. The van der Waals surface area contributed by atoms with Crippen LogP contribution in [0, 0.1) is 0 Å². The number of nitrogens with one attached hydrogen (secondary N) is 1. The molecule has 4 nitrogen and oxygen atoms in total. The maximum atomic E-state index is 12.2. The van der Waals surface area contributed by atoms with Gasteiger partial charge in [0.2, 0.25) is 0 Å². The lowest BCUT2D eigenvalue weighted by Gasteiger charge is -2.04.